The highest BCUT2D eigenvalue weighted by atomic mass is 35.5. The topological polar surface area (TPSA) is 26.3 Å². The number of rotatable bonds is 2. The van der Waals surface area contributed by atoms with E-state index in [-0.39, 0.29) is 18.0 Å². The van der Waals surface area contributed by atoms with Gasteiger partial charge >= 0.3 is 5.97 Å². The lowest BCUT2D eigenvalue weighted by molar-refractivity contribution is -0.144. The van der Waals surface area contributed by atoms with Crippen LogP contribution in [0.3, 0.4) is 0 Å². The molecule has 1 saturated heterocycles. The van der Waals surface area contributed by atoms with Gasteiger partial charge in [0.05, 0.1) is 0 Å². The molecule has 2 nitrogen and oxygen atoms in total. The van der Waals surface area contributed by atoms with E-state index in [2.05, 4.69) is 0 Å². The lowest BCUT2D eigenvalue weighted by atomic mass is 10.4. The number of hydrogen-bond acceptors (Lipinski definition) is 3. The van der Waals surface area contributed by atoms with Crippen molar-refractivity contribution in [2.45, 2.75) is 6.10 Å². The summed E-state index contributed by atoms with van der Waals surface area (Å²) in [6.45, 7) is 0. The Morgan fingerprint density at radius 3 is 2.78 bits per heavy atom. The number of hydrogen-bond donors (Lipinski definition) is 0. The zero-order valence-corrected chi connectivity index (χ0v) is 6.37. The summed E-state index contributed by atoms with van der Waals surface area (Å²) < 4.78 is 4.84. The number of alkyl halides is 1. The van der Waals surface area contributed by atoms with E-state index in [0.717, 1.165) is 11.5 Å². The van der Waals surface area contributed by atoms with Gasteiger partial charge in [-0.3, -0.25) is 4.79 Å². The minimum atomic E-state index is -0.304. The van der Waals surface area contributed by atoms with Gasteiger partial charge in [0.15, 0.2) is 0 Å². The monoisotopic (exact) mass is 166 g/mol. The quantitative estimate of drug-likeness (QED) is 0.450. The minimum absolute atomic E-state index is 0.0266. The van der Waals surface area contributed by atoms with Crippen molar-refractivity contribution in [1.29, 1.82) is 0 Å². The van der Waals surface area contributed by atoms with E-state index in [4.69, 9.17) is 16.3 Å². The molecule has 0 aromatic carbocycles. The molecule has 1 fully saturated rings. The van der Waals surface area contributed by atoms with Crippen molar-refractivity contribution in [3.05, 3.63) is 0 Å². The van der Waals surface area contributed by atoms with Crippen LogP contribution in [0.5, 0.6) is 0 Å². The molecule has 0 unspecified atom stereocenters. The Hall–Kier alpha value is 0.110. The molecular formula is C5H7ClO2S. The zero-order valence-electron chi connectivity index (χ0n) is 4.80. The van der Waals surface area contributed by atoms with Crippen molar-refractivity contribution in [2.24, 2.45) is 0 Å². The fraction of sp³-hybridized carbons (Fsp3) is 0.800. The first-order chi connectivity index (χ1) is 4.33. The van der Waals surface area contributed by atoms with Crippen molar-refractivity contribution in [3.63, 3.8) is 0 Å². The third-order valence-electron chi connectivity index (χ3n) is 1.01. The standard InChI is InChI=1S/C5H7ClO2S/c6-1-5(7)8-4-2-9-3-4/h4H,1-3H2. The Bertz CT molecular complexity index is 114. The first-order valence-corrected chi connectivity index (χ1v) is 4.35. The number of ether oxygens (including phenoxy) is 1. The number of halogens is 1. The van der Waals surface area contributed by atoms with Gasteiger partial charge in [-0.2, -0.15) is 11.8 Å². The van der Waals surface area contributed by atoms with E-state index < -0.39 is 0 Å². The van der Waals surface area contributed by atoms with Crippen molar-refractivity contribution < 1.29 is 9.53 Å². The normalized spacial score (nSPS) is 18.8. The van der Waals surface area contributed by atoms with Crippen molar-refractivity contribution in [1.82, 2.24) is 0 Å². The Labute approximate surface area is 62.9 Å². The molecule has 0 aromatic rings. The van der Waals surface area contributed by atoms with Crippen LogP contribution >= 0.6 is 23.4 Å². The summed E-state index contributed by atoms with van der Waals surface area (Å²) in [7, 11) is 0. The molecule has 52 valence electrons. The van der Waals surface area contributed by atoms with Gasteiger partial charge in [-0.15, -0.1) is 11.6 Å². The molecule has 0 aromatic heterocycles. The molecule has 1 rings (SSSR count). The van der Waals surface area contributed by atoms with Gasteiger partial charge in [-0.25, -0.2) is 0 Å². The SMILES string of the molecule is O=C(CCl)OC1CSC1. The molecule has 0 radical (unpaired) electrons. The van der Waals surface area contributed by atoms with E-state index in [1.54, 1.807) is 11.8 Å². The molecule has 0 N–H and O–H groups in total. The molecule has 0 aliphatic carbocycles. The maximum absolute atomic E-state index is 10.5. The van der Waals surface area contributed by atoms with Gasteiger partial charge in [0.2, 0.25) is 0 Å². The summed E-state index contributed by atoms with van der Waals surface area (Å²) in [4.78, 5) is 10.5. The summed E-state index contributed by atoms with van der Waals surface area (Å²) in [6.07, 6.45) is 0.140. The van der Waals surface area contributed by atoms with E-state index >= 15 is 0 Å². The van der Waals surface area contributed by atoms with E-state index in [0.29, 0.717) is 0 Å². The fourth-order valence-electron chi connectivity index (χ4n) is 0.500. The Balaban J connectivity index is 2.09. The molecule has 0 spiro atoms. The maximum Gasteiger partial charge on any atom is 0.321 e. The average Bonchev–Trinajstić information content (AvgIpc) is 1.78. The van der Waals surface area contributed by atoms with Crippen LogP contribution in [0.15, 0.2) is 0 Å². The second-order valence-corrected chi connectivity index (χ2v) is 3.13. The first-order valence-electron chi connectivity index (χ1n) is 2.66. The van der Waals surface area contributed by atoms with Gasteiger partial charge in [-0.05, 0) is 0 Å². The van der Waals surface area contributed by atoms with Crippen LogP contribution in [-0.4, -0.2) is 29.5 Å². The summed E-state index contributed by atoms with van der Waals surface area (Å²) in [5.41, 5.74) is 0. The summed E-state index contributed by atoms with van der Waals surface area (Å²) in [5, 5.41) is 0. The van der Waals surface area contributed by atoms with Crippen LogP contribution in [-0.2, 0) is 9.53 Å². The van der Waals surface area contributed by atoms with E-state index in [1.807, 2.05) is 0 Å². The van der Waals surface area contributed by atoms with E-state index in [9.17, 15) is 4.79 Å². The van der Waals surface area contributed by atoms with Crippen LogP contribution in [0.1, 0.15) is 0 Å². The molecule has 1 heterocycles. The molecule has 4 heteroatoms. The fourth-order valence-corrected chi connectivity index (χ4v) is 1.13. The summed E-state index contributed by atoms with van der Waals surface area (Å²) in [6, 6.07) is 0. The predicted octanol–water partition coefficient (Wildman–Crippen LogP) is 0.884. The Morgan fingerprint density at radius 2 is 2.44 bits per heavy atom. The summed E-state index contributed by atoms with van der Waals surface area (Å²) in [5.74, 6) is 1.54. The molecule has 0 atom stereocenters. The highest BCUT2D eigenvalue weighted by molar-refractivity contribution is 8.00. The first kappa shape index (κ1) is 7.22. The second-order valence-electron chi connectivity index (χ2n) is 1.78. The van der Waals surface area contributed by atoms with Gasteiger partial charge < -0.3 is 4.74 Å². The summed E-state index contributed by atoms with van der Waals surface area (Å²) >= 11 is 6.97. The molecule has 1 aliphatic rings. The van der Waals surface area contributed by atoms with E-state index in [1.165, 1.54) is 0 Å². The number of carbonyl (C=O) groups is 1. The zero-order chi connectivity index (χ0) is 6.69. The van der Waals surface area contributed by atoms with Gasteiger partial charge in [0.25, 0.3) is 0 Å². The smallest absolute Gasteiger partial charge is 0.321 e. The third-order valence-corrected chi connectivity index (χ3v) is 2.45. The minimum Gasteiger partial charge on any atom is -0.460 e. The highest BCUT2D eigenvalue weighted by Crippen LogP contribution is 2.20. The molecule has 0 saturated carbocycles. The van der Waals surface area contributed by atoms with Gasteiger partial charge in [0.1, 0.15) is 12.0 Å². The van der Waals surface area contributed by atoms with Crippen molar-refractivity contribution in [3.8, 4) is 0 Å². The number of esters is 1. The average molecular weight is 167 g/mol. The van der Waals surface area contributed by atoms with Crippen molar-refractivity contribution in [2.75, 3.05) is 17.4 Å². The maximum atomic E-state index is 10.5. The third kappa shape index (κ3) is 2.06. The van der Waals surface area contributed by atoms with Crippen LogP contribution < -0.4 is 0 Å². The van der Waals surface area contributed by atoms with Crippen LogP contribution in [0.25, 0.3) is 0 Å². The van der Waals surface area contributed by atoms with Gasteiger partial charge in [-0.1, -0.05) is 0 Å². The lowest BCUT2D eigenvalue weighted by Crippen LogP contribution is -2.31. The van der Waals surface area contributed by atoms with Crippen LogP contribution in [0.4, 0.5) is 0 Å². The Morgan fingerprint density at radius 1 is 1.78 bits per heavy atom. The van der Waals surface area contributed by atoms with Crippen LogP contribution in [0.2, 0.25) is 0 Å². The molecule has 9 heavy (non-hydrogen) atoms. The van der Waals surface area contributed by atoms with Crippen LogP contribution in [0, 0.1) is 0 Å². The molecule has 0 amide bonds. The molecule has 1 aliphatic heterocycles. The number of carbonyl (C=O) groups excluding carboxylic acids is 1. The Kier molecular flexibility index (Phi) is 2.66. The molecule has 0 bridgehead atoms. The number of thioether (sulfide) groups is 1. The predicted molar refractivity (Wildman–Crippen MR) is 37.9 cm³/mol. The van der Waals surface area contributed by atoms with Crippen molar-refractivity contribution >= 4 is 29.3 Å². The highest BCUT2D eigenvalue weighted by Gasteiger charge is 2.21. The second kappa shape index (κ2) is 3.32. The van der Waals surface area contributed by atoms with Gasteiger partial charge in [0, 0.05) is 11.5 Å². The lowest BCUT2D eigenvalue weighted by Gasteiger charge is -2.23. The largest absolute Gasteiger partial charge is 0.460 e. The molecular weight excluding hydrogens is 160 g/mol.